The number of aromatic amines is 1. The van der Waals surface area contributed by atoms with E-state index >= 15 is 0 Å². The lowest BCUT2D eigenvalue weighted by Crippen LogP contribution is -2.07. The number of rotatable bonds is 6. The molecule has 5 heteroatoms. The highest BCUT2D eigenvalue weighted by molar-refractivity contribution is 6.08. The number of carbonyl (C=O) groups excluding carboxylic acids is 2. The fourth-order valence-corrected chi connectivity index (χ4v) is 2.77. The zero-order chi connectivity index (χ0) is 18.6. The van der Waals surface area contributed by atoms with Crippen molar-refractivity contribution in [1.82, 2.24) is 4.98 Å². The van der Waals surface area contributed by atoms with Crippen LogP contribution in [0.25, 0.3) is 6.08 Å². The van der Waals surface area contributed by atoms with Gasteiger partial charge in [0.2, 0.25) is 5.78 Å². The van der Waals surface area contributed by atoms with E-state index in [1.165, 1.54) is 6.08 Å². The number of hydrogen-bond acceptors (Lipinski definition) is 4. The number of esters is 1. The Morgan fingerprint density at radius 3 is 2.52 bits per heavy atom. The first-order valence-electron chi connectivity index (χ1n) is 8.12. The molecular weight excluding hydrogens is 318 g/mol. The first-order valence-corrected chi connectivity index (χ1v) is 8.12. The van der Waals surface area contributed by atoms with E-state index in [2.05, 4.69) is 4.98 Å². The van der Waals surface area contributed by atoms with Crippen LogP contribution in [0.2, 0.25) is 0 Å². The Balaban J connectivity index is 2.25. The summed E-state index contributed by atoms with van der Waals surface area (Å²) in [5.41, 5.74) is 3.97. The lowest BCUT2D eigenvalue weighted by atomic mass is 10.1. The van der Waals surface area contributed by atoms with Crippen molar-refractivity contribution in [3.8, 4) is 5.75 Å². The van der Waals surface area contributed by atoms with Crippen molar-refractivity contribution in [2.45, 2.75) is 27.7 Å². The molecule has 0 bridgehead atoms. The third-order valence-electron chi connectivity index (χ3n) is 4.01. The van der Waals surface area contributed by atoms with E-state index in [4.69, 9.17) is 9.47 Å². The molecule has 132 valence electrons. The van der Waals surface area contributed by atoms with Crippen molar-refractivity contribution in [3.63, 3.8) is 0 Å². The van der Waals surface area contributed by atoms with Gasteiger partial charge in [0.05, 0.1) is 25.0 Å². The maximum absolute atomic E-state index is 12.5. The van der Waals surface area contributed by atoms with E-state index in [-0.39, 0.29) is 5.78 Å². The number of carbonyl (C=O) groups is 2. The minimum Gasteiger partial charge on any atom is -0.496 e. The minimum absolute atomic E-state index is 0.190. The molecule has 0 fully saturated rings. The van der Waals surface area contributed by atoms with Crippen LogP contribution in [0.5, 0.6) is 5.75 Å². The van der Waals surface area contributed by atoms with Gasteiger partial charge in [0, 0.05) is 5.69 Å². The van der Waals surface area contributed by atoms with E-state index in [1.807, 2.05) is 25.1 Å². The standard InChI is InChI=1S/C20H23NO4/c1-6-25-20(23)18-13(3)19(21-14(18)4)16(22)9-7-15-8-10-17(24-5)12(2)11-15/h7-11,21H,6H2,1-5H3/b9-7+. The number of hydrogen-bond donors (Lipinski definition) is 1. The van der Waals surface area contributed by atoms with E-state index in [0.717, 1.165) is 16.9 Å². The van der Waals surface area contributed by atoms with Crippen LogP contribution in [0.4, 0.5) is 0 Å². The van der Waals surface area contributed by atoms with Crippen LogP contribution in [0.1, 0.15) is 50.2 Å². The van der Waals surface area contributed by atoms with Gasteiger partial charge in [0.15, 0.2) is 0 Å². The zero-order valence-corrected chi connectivity index (χ0v) is 15.2. The molecule has 0 aliphatic carbocycles. The number of ketones is 1. The highest BCUT2D eigenvalue weighted by Crippen LogP contribution is 2.21. The van der Waals surface area contributed by atoms with Gasteiger partial charge in [0.25, 0.3) is 0 Å². The third kappa shape index (κ3) is 3.99. The molecule has 0 saturated heterocycles. The molecule has 1 N–H and O–H groups in total. The molecule has 25 heavy (non-hydrogen) atoms. The summed E-state index contributed by atoms with van der Waals surface area (Å²) in [6.07, 6.45) is 3.24. The SMILES string of the molecule is CCOC(=O)c1c(C)[nH]c(C(=O)/C=C/c2ccc(OC)c(C)c2)c1C. The Morgan fingerprint density at radius 2 is 1.92 bits per heavy atom. The summed E-state index contributed by atoms with van der Waals surface area (Å²) in [4.78, 5) is 27.5. The zero-order valence-electron chi connectivity index (χ0n) is 15.2. The number of allylic oxidation sites excluding steroid dienone is 1. The first kappa shape index (κ1) is 18.5. The molecule has 0 unspecified atom stereocenters. The number of ether oxygens (including phenoxy) is 2. The summed E-state index contributed by atoms with van der Waals surface area (Å²) in [5.74, 6) is 0.200. The second-order valence-electron chi connectivity index (χ2n) is 5.77. The largest absolute Gasteiger partial charge is 0.496 e. The molecule has 2 rings (SSSR count). The molecule has 1 aromatic carbocycles. The molecule has 0 spiro atoms. The van der Waals surface area contributed by atoms with E-state index in [9.17, 15) is 9.59 Å². The molecule has 0 aliphatic rings. The topological polar surface area (TPSA) is 68.4 Å². The number of methoxy groups -OCH3 is 1. The molecule has 0 amide bonds. The predicted molar refractivity (Wildman–Crippen MR) is 97.3 cm³/mol. The van der Waals surface area contributed by atoms with Crippen LogP contribution in [-0.4, -0.2) is 30.5 Å². The van der Waals surface area contributed by atoms with E-state index in [0.29, 0.717) is 29.1 Å². The lowest BCUT2D eigenvalue weighted by Gasteiger charge is -2.04. The Hall–Kier alpha value is -2.82. The molecular formula is C20H23NO4. The van der Waals surface area contributed by atoms with Crippen LogP contribution in [0.3, 0.4) is 0 Å². The molecule has 5 nitrogen and oxygen atoms in total. The summed E-state index contributed by atoms with van der Waals surface area (Å²) in [7, 11) is 1.62. The van der Waals surface area contributed by atoms with Crippen LogP contribution in [0.15, 0.2) is 24.3 Å². The van der Waals surface area contributed by atoms with Gasteiger partial charge in [-0.3, -0.25) is 4.79 Å². The maximum atomic E-state index is 12.5. The molecule has 0 atom stereocenters. The fourth-order valence-electron chi connectivity index (χ4n) is 2.77. The summed E-state index contributed by atoms with van der Waals surface area (Å²) in [5, 5.41) is 0. The summed E-state index contributed by atoms with van der Waals surface area (Å²) in [6, 6.07) is 5.69. The molecule has 2 aromatic rings. The predicted octanol–water partition coefficient (Wildman–Crippen LogP) is 4.02. The van der Waals surface area contributed by atoms with Crippen LogP contribution < -0.4 is 4.74 Å². The highest BCUT2D eigenvalue weighted by atomic mass is 16.5. The average molecular weight is 341 g/mol. The van der Waals surface area contributed by atoms with Gasteiger partial charge in [0.1, 0.15) is 5.75 Å². The second-order valence-corrected chi connectivity index (χ2v) is 5.77. The van der Waals surface area contributed by atoms with Crippen molar-refractivity contribution in [3.05, 3.63) is 57.9 Å². The van der Waals surface area contributed by atoms with Crippen LogP contribution in [-0.2, 0) is 4.74 Å². The normalized spacial score (nSPS) is 10.9. The third-order valence-corrected chi connectivity index (χ3v) is 4.01. The van der Waals surface area contributed by atoms with Crippen LogP contribution >= 0.6 is 0 Å². The lowest BCUT2D eigenvalue weighted by molar-refractivity contribution is 0.0525. The number of benzene rings is 1. The summed E-state index contributed by atoms with van der Waals surface area (Å²) >= 11 is 0. The smallest absolute Gasteiger partial charge is 0.340 e. The fraction of sp³-hybridized carbons (Fsp3) is 0.300. The Bertz CT molecular complexity index is 830. The van der Waals surface area contributed by atoms with Gasteiger partial charge in [-0.25, -0.2) is 4.79 Å². The second kappa shape index (κ2) is 7.83. The van der Waals surface area contributed by atoms with Crippen molar-refractivity contribution in [2.24, 2.45) is 0 Å². The highest BCUT2D eigenvalue weighted by Gasteiger charge is 2.21. The molecule has 0 aliphatic heterocycles. The van der Waals surface area contributed by atoms with Gasteiger partial charge >= 0.3 is 5.97 Å². The average Bonchev–Trinajstić information content (AvgIpc) is 2.87. The molecule has 1 heterocycles. The first-order chi connectivity index (χ1) is 11.9. The Kier molecular flexibility index (Phi) is 5.80. The van der Waals surface area contributed by atoms with Crippen LogP contribution in [0, 0.1) is 20.8 Å². The molecule has 1 aromatic heterocycles. The van der Waals surface area contributed by atoms with Gasteiger partial charge in [-0.05, 0) is 62.6 Å². The Labute approximate surface area is 147 Å². The van der Waals surface area contributed by atoms with Gasteiger partial charge in [-0.15, -0.1) is 0 Å². The van der Waals surface area contributed by atoms with Gasteiger partial charge in [-0.2, -0.15) is 0 Å². The molecule has 0 radical (unpaired) electrons. The van der Waals surface area contributed by atoms with E-state index in [1.54, 1.807) is 34.0 Å². The maximum Gasteiger partial charge on any atom is 0.340 e. The quantitative estimate of drug-likeness (QED) is 0.489. The van der Waals surface area contributed by atoms with Crippen molar-refractivity contribution < 1.29 is 19.1 Å². The Morgan fingerprint density at radius 1 is 1.20 bits per heavy atom. The van der Waals surface area contributed by atoms with E-state index < -0.39 is 5.97 Å². The number of nitrogens with one attached hydrogen (secondary N) is 1. The molecule has 0 saturated carbocycles. The summed E-state index contributed by atoms with van der Waals surface area (Å²) < 4.78 is 10.3. The minimum atomic E-state index is -0.414. The van der Waals surface area contributed by atoms with Crippen molar-refractivity contribution in [1.29, 1.82) is 0 Å². The van der Waals surface area contributed by atoms with Gasteiger partial charge in [-0.1, -0.05) is 12.1 Å². The van der Waals surface area contributed by atoms with Crippen molar-refractivity contribution >= 4 is 17.8 Å². The number of aryl methyl sites for hydroxylation is 2. The van der Waals surface area contributed by atoms with Crippen molar-refractivity contribution in [2.75, 3.05) is 13.7 Å². The van der Waals surface area contributed by atoms with Gasteiger partial charge < -0.3 is 14.5 Å². The monoisotopic (exact) mass is 341 g/mol. The summed E-state index contributed by atoms with van der Waals surface area (Å²) in [6.45, 7) is 7.49. The number of aromatic nitrogens is 1. The number of H-pyrrole nitrogens is 1.